The Labute approximate surface area is 233 Å². The first kappa shape index (κ1) is 26.2. The van der Waals surface area contributed by atoms with E-state index in [4.69, 9.17) is 14.2 Å². The molecular formula is C30H34N6O4. The molecule has 4 aromatic rings. The van der Waals surface area contributed by atoms with Crippen molar-refractivity contribution in [2.75, 3.05) is 65.0 Å². The van der Waals surface area contributed by atoms with E-state index < -0.39 is 0 Å². The number of anilines is 2. The first-order chi connectivity index (χ1) is 19.5. The fourth-order valence-corrected chi connectivity index (χ4v) is 5.38. The number of fused-ring (bicyclic) bond motifs is 1. The predicted octanol–water partition coefficient (Wildman–Crippen LogP) is 3.54. The summed E-state index contributed by atoms with van der Waals surface area (Å²) in [4.78, 5) is 24.3. The normalized spacial score (nSPS) is 15.9. The van der Waals surface area contributed by atoms with Crippen LogP contribution < -0.4 is 15.4 Å². The second kappa shape index (κ2) is 11.2. The van der Waals surface area contributed by atoms with Gasteiger partial charge in [0.15, 0.2) is 11.5 Å². The fraction of sp³-hybridized carbons (Fsp3) is 0.367. The van der Waals surface area contributed by atoms with Gasteiger partial charge in [0.1, 0.15) is 5.75 Å². The number of aryl methyl sites for hydroxylation is 1. The van der Waals surface area contributed by atoms with Crippen molar-refractivity contribution in [3.63, 3.8) is 0 Å². The van der Waals surface area contributed by atoms with Gasteiger partial charge in [0.25, 0.3) is 5.91 Å². The Morgan fingerprint density at radius 1 is 1.10 bits per heavy atom. The zero-order valence-electron chi connectivity index (χ0n) is 22.9. The molecule has 10 heteroatoms. The number of carbonyl (C=O) groups excluding carboxylic acids is 1. The van der Waals surface area contributed by atoms with E-state index in [1.807, 2.05) is 66.2 Å². The molecule has 40 heavy (non-hydrogen) atoms. The van der Waals surface area contributed by atoms with Crippen LogP contribution in [0.15, 0.2) is 61.1 Å². The molecule has 0 bridgehead atoms. The van der Waals surface area contributed by atoms with Crippen LogP contribution in [0.4, 0.5) is 11.5 Å². The lowest BCUT2D eigenvalue weighted by Crippen LogP contribution is -2.66. The van der Waals surface area contributed by atoms with E-state index in [2.05, 4.69) is 25.5 Å². The summed E-state index contributed by atoms with van der Waals surface area (Å²) in [5.41, 5.74) is 5.44. The van der Waals surface area contributed by atoms with E-state index in [9.17, 15) is 4.79 Å². The Morgan fingerprint density at radius 2 is 1.93 bits per heavy atom. The number of amides is 1. The molecule has 1 amide bonds. The van der Waals surface area contributed by atoms with Crippen LogP contribution in [-0.2, 0) is 9.47 Å². The second-order valence-corrected chi connectivity index (χ2v) is 10.6. The second-order valence-electron chi connectivity index (χ2n) is 10.6. The molecule has 2 N–H and O–H groups in total. The number of benzene rings is 2. The van der Waals surface area contributed by atoms with Crippen LogP contribution in [0.2, 0.25) is 0 Å². The van der Waals surface area contributed by atoms with Crippen LogP contribution in [0, 0.1) is 12.3 Å². The van der Waals surface area contributed by atoms with Crippen molar-refractivity contribution in [3.05, 3.63) is 72.2 Å². The van der Waals surface area contributed by atoms with Crippen molar-refractivity contribution in [3.8, 4) is 17.0 Å². The van der Waals surface area contributed by atoms with Crippen LogP contribution in [0.3, 0.4) is 0 Å². The predicted molar refractivity (Wildman–Crippen MR) is 152 cm³/mol. The van der Waals surface area contributed by atoms with Gasteiger partial charge in [0.2, 0.25) is 0 Å². The smallest absolute Gasteiger partial charge is 0.251 e. The fourth-order valence-electron chi connectivity index (χ4n) is 5.38. The maximum Gasteiger partial charge on any atom is 0.251 e. The minimum absolute atomic E-state index is 0.111. The molecule has 0 atom stereocenters. The number of methoxy groups -OCH3 is 1. The monoisotopic (exact) mass is 542 g/mol. The number of imidazole rings is 1. The molecule has 1 spiro atoms. The summed E-state index contributed by atoms with van der Waals surface area (Å²) >= 11 is 0. The van der Waals surface area contributed by atoms with Gasteiger partial charge >= 0.3 is 0 Å². The maximum atomic E-state index is 12.8. The van der Waals surface area contributed by atoms with E-state index in [1.165, 1.54) is 0 Å². The highest BCUT2D eigenvalue weighted by molar-refractivity contribution is 5.96. The lowest BCUT2D eigenvalue weighted by atomic mass is 9.78. The van der Waals surface area contributed by atoms with Gasteiger partial charge in [0.05, 0.1) is 45.4 Å². The number of likely N-dealkylation sites (tertiary alicyclic amines) is 1. The number of rotatable bonds is 11. The summed E-state index contributed by atoms with van der Waals surface area (Å²) in [6, 6.07) is 13.5. The average molecular weight is 543 g/mol. The van der Waals surface area contributed by atoms with Crippen molar-refractivity contribution in [2.24, 2.45) is 5.41 Å². The molecular weight excluding hydrogens is 508 g/mol. The molecule has 2 aromatic heterocycles. The summed E-state index contributed by atoms with van der Waals surface area (Å²) in [7, 11) is 1.65. The minimum atomic E-state index is -0.111. The van der Waals surface area contributed by atoms with Crippen molar-refractivity contribution >= 4 is 23.1 Å². The Bertz CT molecular complexity index is 1490. The SMILES string of the molecule is COc1ccc(-c2cnc3c(Nc4ccc(C(=O)NCCOCCN5CC6(COC6)C5)c(C)c4)nccn23)cc1. The standard InChI is InChI=1S/C30H34N6O4/c1-21-15-23(5-8-25(21)29(37)32-10-13-39-14-12-35-17-30(18-35)19-40-20-30)34-27-28-33-16-26(36(28)11-9-31-27)22-3-6-24(38-2)7-4-22/h3-9,11,15-16H,10,12-14,17-20H2,1-2H3,(H,31,34)(H,32,37). The van der Waals surface area contributed by atoms with Crippen LogP contribution in [0.1, 0.15) is 15.9 Å². The number of hydrogen-bond donors (Lipinski definition) is 2. The van der Waals surface area contributed by atoms with E-state index in [0.29, 0.717) is 42.2 Å². The molecule has 10 nitrogen and oxygen atoms in total. The van der Waals surface area contributed by atoms with Gasteiger partial charge in [-0.3, -0.25) is 14.1 Å². The number of nitrogens with zero attached hydrogens (tertiary/aromatic N) is 4. The third kappa shape index (κ3) is 5.38. The summed E-state index contributed by atoms with van der Waals surface area (Å²) < 4.78 is 18.3. The molecule has 0 aliphatic carbocycles. The van der Waals surface area contributed by atoms with Gasteiger partial charge < -0.3 is 24.8 Å². The number of ether oxygens (including phenoxy) is 3. The number of hydrogen-bond acceptors (Lipinski definition) is 8. The van der Waals surface area contributed by atoms with E-state index in [0.717, 1.165) is 61.1 Å². The summed E-state index contributed by atoms with van der Waals surface area (Å²) in [6.07, 6.45) is 5.46. The molecule has 2 saturated heterocycles. The lowest BCUT2D eigenvalue weighted by molar-refractivity contribution is -0.190. The van der Waals surface area contributed by atoms with Crippen LogP contribution in [0.25, 0.3) is 16.9 Å². The molecule has 6 rings (SSSR count). The van der Waals surface area contributed by atoms with Crippen LogP contribution in [-0.4, -0.2) is 84.9 Å². The zero-order valence-corrected chi connectivity index (χ0v) is 22.9. The molecule has 208 valence electrons. The molecule has 0 saturated carbocycles. The van der Waals surface area contributed by atoms with Crippen LogP contribution in [0.5, 0.6) is 5.75 Å². The highest BCUT2D eigenvalue weighted by Gasteiger charge is 2.48. The number of aromatic nitrogens is 3. The molecule has 2 aliphatic rings. The van der Waals surface area contributed by atoms with Crippen molar-refractivity contribution in [2.45, 2.75) is 6.92 Å². The minimum Gasteiger partial charge on any atom is -0.497 e. The first-order valence-electron chi connectivity index (χ1n) is 13.5. The lowest BCUT2D eigenvalue weighted by Gasteiger charge is -2.55. The quantitative estimate of drug-likeness (QED) is 0.278. The Morgan fingerprint density at radius 3 is 2.65 bits per heavy atom. The summed E-state index contributed by atoms with van der Waals surface area (Å²) in [5, 5.41) is 6.32. The topological polar surface area (TPSA) is 102 Å². The number of nitrogens with one attached hydrogen (secondary N) is 2. The molecule has 2 aromatic carbocycles. The van der Waals surface area contributed by atoms with Crippen molar-refractivity contribution < 1.29 is 19.0 Å². The van der Waals surface area contributed by atoms with Crippen LogP contribution >= 0.6 is 0 Å². The summed E-state index contributed by atoms with van der Waals surface area (Å²) in [6.45, 7) is 8.49. The Kier molecular flexibility index (Phi) is 7.38. The molecule has 2 fully saturated rings. The first-order valence-corrected chi connectivity index (χ1v) is 13.5. The zero-order chi connectivity index (χ0) is 27.5. The van der Waals surface area contributed by atoms with Gasteiger partial charge in [-0.1, -0.05) is 0 Å². The van der Waals surface area contributed by atoms with Gasteiger partial charge in [-0.05, 0) is 55.0 Å². The molecule has 4 heterocycles. The van der Waals surface area contributed by atoms with Gasteiger partial charge in [-0.15, -0.1) is 0 Å². The Hall–Kier alpha value is -3.99. The maximum absolute atomic E-state index is 12.8. The van der Waals surface area contributed by atoms with E-state index in [1.54, 1.807) is 13.3 Å². The van der Waals surface area contributed by atoms with Gasteiger partial charge in [-0.25, -0.2) is 9.97 Å². The third-order valence-corrected chi connectivity index (χ3v) is 7.57. The molecule has 2 aliphatic heterocycles. The number of carbonyl (C=O) groups is 1. The summed E-state index contributed by atoms with van der Waals surface area (Å²) in [5.74, 6) is 1.32. The Balaban J connectivity index is 1.01. The molecule has 0 unspecified atom stereocenters. The van der Waals surface area contributed by atoms with Crippen molar-refractivity contribution in [1.82, 2.24) is 24.6 Å². The average Bonchev–Trinajstić information content (AvgIpc) is 3.36. The largest absolute Gasteiger partial charge is 0.497 e. The third-order valence-electron chi connectivity index (χ3n) is 7.57. The van der Waals surface area contributed by atoms with E-state index in [-0.39, 0.29) is 5.91 Å². The molecule has 0 radical (unpaired) electrons. The highest BCUT2D eigenvalue weighted by Crippen LogP contribution is 2.37. The van der Waals surface area contributed by atoms with Gasteiger partial charge in [0, 0.05) is 60.8 Å². The van der Waals surface area contributed by atoms with Crippen molar-refractivity contribution in [1.29, 1.82) is 0 Å². The highest BCUT2D eigenvalue weighted by atomic mass is 16.5. The van der Waals surface area contributed by atoms with E-state index >= 15 is 0 Å². The van der Waals surface area contributed by atoms with Gasteiger partial charge in [-0.2, -0.15) is 0 Å².